The van der Waals surface area contributed by atoms with E-state index in [0.717, 1.165) is 48.5 Å². The maximum Gasteiger partial charge on any atom is 0.107 e. The summed E-state index contributed by atoms with van der Waals surface area (Å²) in [6, 6.07) is 10.3. The Labute approximate surface area is 124 Å². The number of benzene rings is 1. The van der Waals surface area contributed by atoms with Gasteiger partial charge in [-0.2, -0.15) is 0 Å². The Morgan fingerprint density at radius 3 is 3.10 bits per heavy atom. The topological polar surface area (TPSA) is 54.2 Å². The number of nitrogens with zero attached hydrogens (tertiary/aromatic N) is 2. The van der Waals surface area contributed by atoms with Crippen molar-refractivity contribution in [1.29, 1.82) is 0 Å². The maximum absolute atomic E-state index is 6.42. The molecule has 106 valence electrons. The fourth-order valence-corrected chi connectivity index (χ4v) is 3.11. The highest BCUT2D eigenvalue weighted by atomic mass is 15.2. The summed E-state index contributed by atoms with van der Waals surface area (Å²) in [6.45, 7) is 2.74. The Morgan fingerprint density at radius 1 is 1.24 bits per heavy atom. The summed E-state index contributed by atoms with van der Waals surface area (Å²) in [6.07, 6.45) is 5.18. The quantitative estimate of drug-likeness (QED) is 0.839. The number of hydrogen-bond acceptors (Lipinski definition) is 4. The third-order valence-corrected chi connectivity index (χ3v) is 4.26. The average molecular weight is 278 g/mol. The first-order valence-corrected chi connectivity index (χ1v) is 7.34. The number of anilines is 1. The van der Waals surface area contributed by atoms with Gasteiger partial charge in [-0.15, -0.1) is 0 Å². The standard InChI is InChI=1S/C17H18N4/c18-17-15-5-7-19-10-13(15)6-8-21(17)14-9-12-3-1-2-4-16(12)20-11-14/h1-4,6,9,11,19H,5,7-8,10,18H2. The zero-order valence-corrected chi connectivity index (χ0v) is 11.8. The molecule has 0 spiro atoms. The summed E-state index contributed by atoms with van der Waals surface area (Å²) in [4.78, 5) is 6.70. The number of nitrogens with one attached hydrogen (secondary N) is 1. The Hall–Kier alpha value is -2.33. The van der Waals surface area contributed by atoms with Crippen molar-refractivity contribution < 1.29 is 0 Å². The van der Waals surface area contributed by atoms with E-state index in [-0.39, 0.29) is 0 Å². The van der Waals surface area contributed by atoms with Crippen LogP contribution in [0.3, 0.4) is 0 Å². The van der Waals surface area contributed by atoms with Crippen LogP contribution in [-0.2, 0) is 0 Å². The molecule has 4 nitrogen and oxygen atoms in total. The minimum Gasteiger partial charge on any atom is -0.385 e. The van der Waals surface area contributed by atoms with E-state index in [9.17, 15) is 0 Å². The largest absolute Gasteiger partial charge is 0.385 e. The van der Waals surface area contributed by atoms with Crippen LogP contribution >= 0.6 is 0 Å². The predicted octanol–water partition coefficient (Wildman–Crippen LogP) is 2.14. The van der Waals surface area contributed by atoms with Crippen molar-refractivity contribution in [2.24, 2.45) is 5.73 Å². The van der Waals surface area contributed by atoms with Gasteiger partial charge < -0.3 is 16.0 Å². The minimum absolute atomic E-state index is 0.812. The number of hydrogen-bond donors (Lipinski definition) is 2. The van der Waals surface area contributed by atoms with Gasteiger partial charge in [0.25, 0.3) is 0 Å². The molecule has 2 aromatic rings. The van der Waals surface area contributed by atoms with Crippen LogP contribution < -0.4 is 16.0 Å². The number of nitrogens with two attached hydrogens (primary N) is 1. The third kappa shape index (κ3) is 2.08. The molecular weight excluding hydrogens is 260 g/mol. The lowest BCUT2D eigenvalue weighted by atomic mass is 9.95. The van der Waals surface area contributed by atoms with Gasteiger partial charge in [-0.3, -0.25) is 4.98 Å². The van der Waals surface area contributed by atoms with E-state index in [1.54, 1.807) is 0 Å². The molecule has 1 fully saturated rings. The van der Waals surface area contributed by atoms with E-state index in [1.807, 2.05) is 24.4 Å². The van der Waals surface area contributed by atoms with Gasteiger partial charge in [0.05, 0.1) is 17.4 Å². The molecule has 4 heteroatoms. The van der Waals surface area contributed by atoms with Crippen LogP contribution in [0.15, 0.2) is 59.6 Å². The van der Waals surface area contributed by atoms with Crippen molar-refractivity contribution in [3.8, 4) is 0 Å². The van der Waals surface area contributed by atoms with Crippen molar-refractivity contribution in [3.05, 3.63) is 59.6 Å². The number of rotatable bonds is 1. The zero-order valence-electron chi connectivity index (χ0n) is 11.8. The predicted molar refractivity (Wildman–Crippen MR) is 85.9 cm³/mol. The molecule has 0 unspecified atom stereocenters. The number of para-hydroxylation sites is 1. The second kappa shape index (κ2) is 4.90. The van der Waals surface area contributed by atoms with Crippen LogP contribution in [0.25, 0.3) is 10.9 Å². The fourth-order valence-electron chi connectivity index (χ4n) is 3.11. The molecule has 3 N–H and O–H groups in total. The maximum atomic E-state index is 6.42. The summed E-state index contributed by atoms with van der Waals surface area (Å²) in [5, 5.41) is 4.54. The van der Waals surface area contributed by atoms with E-state index in [2.05, 4.69) is 33.4 Å². The van der Waals surface area contributed by atoms with Crippen molar-refractivity contribution in [1.82, 2.24) is 10.3 Å². The van der Waals surface area contributed by atoms with E-state index in [1.165, 1.54) is 11.1 Å². The molecule has 0 bridgehead atoms. The molecule has 0 atom stereocenters. The zero-order chi connectivity index (χ0) is 14.2. The molecule has 1 aromatic heterocycles. The smallest absolute Gasteiger partial charge is 0.107 e. The third-order valence-electron chi connectivity index (χ3n) is 4.26. The summed E-state index contributed by atoms with van der Waals surface area (Å²) < 4.78 is 0. The van der Waals surface area contributed by atoms with Gasteiger partial charge in [0.2, 0.25) is 0 Å². The Balaban J connectivity index is 1.75. The van der Waals surface area contributed by atoms with Crippen LogP contribution in [0.5, 0.6) is 0 Å². The summed E-state index contributed by atoms with van der Waals surface area (Å²) in [5.74, 6) is 0.881. The van der Waals surface area contributed by atoms with E-state index in [4.69, 9.17) is 5.73 Å². The number of piperidine rings is 1. The van der Waals surface area contributed by atoms with Crippen LogP contribution in [0.1, 0.15) is 6.42 Å². The van der Waals surface area contributed by atoms with Crippen molar-refractivity contribution in [2.75, 3.05) is 24.5 Å². The molecule has 1 aromatic carbocycles. The van der Waals surface area contributed by atoms with Gasteiger partial charge in [-0.1, -0.05) is 24.3 Å². The summed E-state index contributed by atoms with van der Waals surface area (Å²) in [5.41, 5.74) is 11.1. The minimum atomic E-state index is 0.812. The van der Waals surface area contributed by atoms with Crippen LogP contribution in [0, 0.1) is 0 Å². The molecule has 1 saturated heterocycles. The van der Waals surface area contributed by atoms with Crippen LogP contribution in [-0.4, -0.2) is 24.6 Å². The Kier molecular flexibility index (Phi) is 2.89. The van der Waals surface area contributed by atoms with Crippen molar-refractivity contribution in [3.63, 3.8) is 0 Å². The lowest BCUT2D eigenvalue weighted by molar-refractivity contribution is 0.663. The number of pyridine rings is 1. The molecule has 3 heterocycles. The molecule has 4 rings (SSSR count). The molecule has 2 aliphatic heterocycles. The van der Waals surface area contributed by atoms with Crippen molar-refractivity contribution in [2.45, 2.75) is 6.42 Å². The summed E-state index contributed by atoms with van der Waals surface area (Å²) in [7, 11) is 0. The lowest BCUT2D eigenvalue weighted by Gasteiger charge is -2.33. The molecule has 2 aliphatic rings. The van der Waals surface area contributed by atoms with Gasteiger partial charge in [-0.05, 0) is 36.2 Å². The van der Waals surface area contributed by atoms with Crippen LogP contribution in [0.2, 0.25) is 0 Å². The SMILES string of the molecule is NC1=C2CCNCC2=CCN1c1cnc2ccccc2c1. The number of fused-ring (bicyclic) bond motifs is 2. The highest BCUT2D eigenvalue weighted by Gasteiger charge is 2.23. The molecule has 21 heavy (non-hydrogen) atoms. The molecule has 0 aliphatic carbocycles. The molecule has 0 saturated carbocycles. The van der Waals surface area contributed by atoms with Gasteiger partial charge in [0.15, 0.2) is 0 Å². The summed E-state index contributed by atoms with van der Waals surface area (Å²) >= 11 is 0. The molecule has 0 amide bonds. The van der Waals surface area contributed by atoms with Crippen LogP contribution in [0.4, 0.5) is 5.69 Å². The highest BCUT2D eigenvalue weighted by Crippen LogP contribution is 2.29. The van der Waals surface area contributed by atoms with Gasteiger partial charge in [-0.25, -0.2) is 0 Å². The lowest BCUT2D eigenvalue weighted by Crippen LogP contribution is -2.37. The second-order valence-corrected chi connectivity index (χ2v) is 5.52. The highest BCUT2D eigenvalue weighted by molar-refractivity contribution is 5.82. The number of aromatic nitrogens is 1. The van der Waals surface area contributed by atoms with E-state index < -0.39 is 0 Å². The normalized spacial score (nSPS) is 18.7. The van der Waals surface area contributed by atoms with Crippen molar-refractivity contribution >= 4 is 16.6 Å². The second-order valence-electron chi connectivity index (χ2n) is 5.52. The molecular formula is C17H18N4. The van der Waals surface area contributed by atoms with E-state index in [0.29, 0.717) is 0 Å². The Bertz CT molecular complexity index is 760. The first-order chi connectivity index (χ1) is 10.3. The molecule has 0 radical (unpaired) electrons. The fraction of sp³-hybridized carbons (Fsp3) is 0.235. The first-order valence-electron chi connectivity index (χ1n) is 7.34. The Morgan fingerprint density at radius 2 is 2.14 bits per heavy atom. The first kappa shape index (κ1) is 12.4. The van der Waals surface area contributed by atoms with Gasteiger partial charge in [0.1, 0.15) is 5.82 Å². The average Bonchev–Trinajstić information content (AvgIpc) is 2.55. The monoisotopic (exact) mass is 278 g/mol. The van der Waals surface area contributed by atoms with Gasteiger partial charge in [0, 0.05) is 18.5 Å². The van der Waals surface area contributed by atoms with E-state index >= 15 is 0 Å². The van der Waals surface area contributed by atoms with Gasteiger partial charge >= 0.3 is 0 Å².